The number of nitrogens with zero attached hydrogens (tertiary/aromatic N) is 12. The zero-order chi connectivity index (χ0) is 38.5. The van der Waals surface area contributed by atoms with Crippen molar-refractivity contribution in [2.75, 3.05) is 0 Å². The second-order valence-corrected chi connectivity index (χ2v) is 15.6. The van der Waals surface area contributed by atoms with Crippen molar-refractivity contribution in [3.05, 3.63) is 106 Å². The first kappa shape index (κ1) is 34.5. The Morgan fingerprint density at radius 2 is 0.614 bits per heavy atom. The molecule has 0 aliphatic rings. The summed E-state index contributed by atoms with van der Waals surface area (Å²) in [6.45, 7) is 5.76. The molecule has 0 fully saturated rings. The maximum atomic E-state index is 5.80. The third kappa shape index (κ3) is 6.92. The molecule has 18 heteroatoms. The van der Waals surface area contributed by atoms with Crippen molar-refractivity contribution in [3.8, 4) is 103 Å². The zero-order valence-electron chi connectivity index (χ0n) is 30.0. The van der Waals surface area contributed by atoms with Crippen molar-refractivity contribution in [2.45, 2.75) is 20.8 Å². The largest absolute Gasteiger partial charge is 0.334 e. The Kier molecular flexibility index (Phi) is 8.61. The van der Waals surface area contributed by atoms with Crippen LogP contribution < -0.4 is 0 Å². The standard InChI is InChI=1S/C39H24N12O3S3/c1-19-40-34(49-55-19)22-7-4-10-25(13-22)37-43-31(46-52-37)28-16-29(32-44-38(53-47-32)26-11-5-8-23(14-26)35-41-20(2)56-50-35)18-30(17-28)33-45-39(54-48-33)27-12-6-9-24(15-27)36-42-21(3)57-51-36/h4-18H,1-3H3. The summed E-state index contributed by atoms with van der Waals surface area (Å²) in [6.07, 6.45) is 0. The highest BCUT2D eigenvalue weighted by Gasteiger charge is 2.21. The first-order chi connectivity index (χ1) is 27.9. The number of aryl methyl sites for hydroxylation is 3. The van der Waals surface area contributed by atoms with Gasteiger partial charge in [0.2, 0.25) is 17.5 Å². The van der Waals surface area contributed by atoms with Crippen LogP contribution in [0, 0.1) is 20.8 Å². The third-order valence-electron chi connectivity index (χ3n) is 8.67. The predicted molar refractivity (Wildman–Crippen MR) is 214 cm³/mol. The smallest absolute Gasteiger partial charge is 0.258 e. The summed E-state index contributed by atoms with van der Waals surface area (Å²) in [7, 11) is 0. The van der Waals surface area contributed by atoms with Crippen LogP contribution in [-0.4, -0.2) is 58.5 Å². The van der Waals surface area contributed by atoms with Crippen LogP contribution in [0.1, 0.15) is 15.0 Å². The number of hydrogen-bond acceptors (Lipinski definition) is 18. The summed E-state index contributed by atoms with van der Waals surface area (Å²) < 4.78 is 30.7. The second-order valence-electron chi connectivity index (χ2n) is 12.7. The average Bonchev–Trinajstić information content (AvgIpc) is 4.10. The van der Waals surface area contributed by atoms with Crippen molar-refractivity contribution >= 4 is 34.6 Å². The molecule has 0 saturated heterocycles. The van der Waals surface area contributed by atoms with Gasteiger partial charge in [-0.15, -0.1) is 0 Å². The highest BCUT2D eigenvalue weighted by atomic mass is 32.1. The molecule has 6 heterocycles. The Bertz CT molecular complexity index is 2730. The molecular weight excluding hydrogens is 781 g/mol. The summed E-state index contributed by atoms with van der Waals surface area (Å²) in [5.74, 6) is 3.86. The molecule has 0 unspecified atom stereocenters. The van der Waals surface area contributed by atoms with E-state index >= 15 is 0 Å². The minimum absolute atomic E-state index is 0.323. The van der Waals surface area contributed by atoms with Gasteiger partial charge in [0, 0.05) is 50.1 Å². The molecule has 6 aromatic heterocycles. The lowest BCUT2D eigenvalue weighted by atomic mass is 10.0. The third-order valence-corrected chi connectivity index (χ3v) is 10.5. The van der Waals surface area contributed by atoms with Gasteiger partial charge < -0.3 is 13.6 Å². The Morgan fingerprint density at radius 3 is 0.895 bits per heavy atom. The van der Waals surface area contributed by atoms with Gasteiger partial charge in [-0.05, 0) is 110 Å². The second kappa shape index (κ2) is 14.2. The topological polar surface area (TPSA) is 194 Å². The van der Waals surface area contributed by atoms with Crippen LogP contribution in [0.25, 0.3) is 103 Å². The van der Waals surface area contributed by atoms with E-state index in [0.29, 0.717) is 69.3 Å². The number of aromatic nitrogens is 12. The van der Waals surface area contributed by atoms with Crippen LogP contribution in [-0.2, 0) is 0 Å². The molecule has 0 amide bonds. The van der Waals surface area contributed by atoms with Crippen molar-refractivity contribution in [2.24, 2.45) is 0 Å². The van der Waals surface area contributed by atoms with Crippen LogP contribution in [0.3, 0.4) is 0 Å². The van der Waals surface area contributed by atoms with E-state index in [0.717, 1.165) is 48.4 Å². The van der Waals surface area contributed by atoms with E-state index in [2.05, 4.69) is 43.5 Å². The van der Waals surface area contributed by atoms with Gasteiger partial charge in [0.05, 0.1) is 0 Å². The first-order valence-electron chi connectivity index (χ1n) is 17.3. The minimum Gasteiger partial charge on any atom is -0.334 e. The van der Waals surface area contributed by atoms with Crippen molar-refractivity contribution < 1.29 is 13.6 Å². The van der Waals surface area contributed by atoms with E-state index in [1.165, 1.54) is 34.6 Å². The number of benzene rings is 4. The fraction of sp³-hybridized carbons (Fsp3) is 0.0769. The summed E-state index contributed by atoms with van der Waals surface area (Å²) >= 11 is 4.04. The molecule has 0 N–H and O–H groups in total. The lowest BCUT2D eigenvalue weighted by Gasteiger charge is -2.03. The molecule has 10 rings (SSSR count). The molecule has 10 aromatic rings. The fourth-order valence-electron chi connectivity index (χ4n) is 6.01. The minimum atomic E-state index is 0.323. The Balaban J connectivity index is 1.03. The summed E-state index contributed by atoms with van der Waals surface area (Å²) in [5, 5.41) is 15.7. The molecule has 15 nitrogen and oxygen atoms in total. The monoisotopic (exact) mass is 804 g/mol. The molecule has 0 radical (unpaired) electrons. The fourth-order valence-corrected chi connectivity index (χ4v) is 7.49. The van der Waals surface area contributed by atoms with Gasteiger partial charge in [-0.3, -0.25) is 0 Å². The van der Waals surface area contributed by atoms with Crippen LogP contribution in [0.4, 0.5) is 0 Å². The predicted octanol–water partition coefficient (Wildman–Crippen LogP) is 9.32. The highest BCUT2D eigenvalue weighted by Crippen LogP contribution is 2.34. The van der Waals surface area contributed by atoms with Gasteiger partial charge in [-0.1, -0.05) is 51.9 Å². The summed E-state index contributed by atoms with van der Waals surface area (Å²) in [4.78, 5) is 27.9. The van der Waals surface area contributed by atoms with E-state index in [-0.39, 0.29) is 0 Å². The van der Waals surface area contributed by atoms with Crippen molar-refractivity contribution in [1.82, 2.24) is 58.5 Å². The van der Waals surface area contributed by atoms with Crippen LogP contribution in [0.15, 0.2) is 105 Å². The van der Waals surface area contributed by atoms with E-state index in [1.54, 1.807) is 0 Å². The maximum absolute atomic E-state index is 5.80. The van der Waals surface area contributed by atoms with Gasteiger partial charge in [0.25, 0.3) is 17.7 Å². The molecule has 0 atom stereocenters. The van der Waals surface area contributed by atoms with Crippen molar-refractivity contribution in [3.63, 3.8) is 0 Å². The highest BCUT2D eigenvalue weighted by molar-refractivity contribution is 7.06. The lowest BCUT2D eigenvalue weighted by molar-refractivity contribution is 0.432. The molecule has 4 aromatic carbocycles. The Morgan fingerprint density at radius 1 is 0.333 bits per heavy atom. The van der Waals surface area contributed by atoms with Gasteiger partial charge >= 0.3 is 0 Å². The summed E-state index contributed by atoms with van der Waals surface area (Å²) in [5.41, 5.74) is 6.48. The van der Waals surface area contributed by atoms with Gasteiger partial charge in [-0.2, -0.15) is 28.1 Å². The molecular formula is C39H24N12O3S3. The zero-order valence-corrected chi connectivity index (χ0v) is 32.4. The van der Waals surface area contributed by atoms with E-state index < -0.39 is 0 Å². The van der Waals surface area contributed by atoms with Crippen LogP contribution in [0.5, 0.6) is 0 Å². The average molecular weight is 805 g/mol. The van der Waals surface area contributed by atoms with Crippen molar-refractivity contribution in [1.29, 1.82) is 0 Å². The Hall–Kier alpha value is -7.02. The first-order valence-corrected chi connectivity index (χ1v) is 19.6. The number of rotatable bonds is 9. The molecule has 0 saturated carbocycles. The van der Waals surface area contributed by atoms with Gasteiger partial charge in [0.15, 0.2) is 17.5 Å². The lowest BCUT2D eigenvalue weighted by Crippen LogP contribution is -1.90. The van der Waals surface area contributed by atoms with Crippen LogP contribution in [0.2, 0.25) is 0 Å². The molecule has 0 spiro atoms. The van der Waals surface area contributed by atoms with E-state index in [9.17, 15) is 0 Å². The molecule has 276 valence electrons. The molecule has 0 aliphatic carbocycles. The Labute approximate surface area is 334 Å². The quantitative estimate of drug-likeness (QED) is 0.134. The van der Waals surface area contributed by atoms with Gasteiger partial charge in [-0.25, -0.2) is 15.0 Å². The molecule has 57 heavy (non-hydrogen) atoms. The van der Waals surface area contributed by atoms with Gasteiger partial charge in [0.1, 0.15) is 15.0 Å². The summed E-state index contributed by atoms with van der Waals surface area (Å²) in [6, 6.07) is 28.5. The van der Waals surface area contributed by atoms with E-state index in [1.807, 2.05) is 112 Å². The molecule has 0 aliphatic heterocycles. The maximum Gasteiger partial charge on any atom is 0.258 e. The number of hydrogen-bond donors (Lipinski definition) is 0. The SMILES string of the molecule is Cc1nc(-c2cccc(-c3nc(-c4cc(-c5noc(-c6cccc(-c7nsc(C)n7)c6)n5)cc(-c5noc(-c6cccc(-c7nsc(C)n7)c6)n5)c4)no3)c2)ns1. The van der Waals surface area contributed by atoms with E-state index in [4.69, 9.17) is 28.5 Å². The normalized spacial score (nSPS) is 11.4. The molecule has 0 bridgehead atoms. The van der Waals surface area contributed by atoms with Crippen LogP contribution >= 0.6 is 34.6 Å².